The molecule has 0 aliphatic carbocycles. The maximum atomic E-state index is 12.7. The molecule has 2 amide bonds. The molecule has 1 fully saturated rings. The van der Waals surface area contributed by atoms with Crippen molar-refractivity contribution in [3.63, 3.8) is 0 Å². The normalized spacial score (nSPS) is 19.3. The van der Waals surface area contributed by atoms with Crippen LogP contribution in [-0.2, 0) is 17.9 Å². The van der Waals surface area contributed by atoms with Gasteiger partial charge in [-0.15, -0.1) is 0 Å². The monoisotopic (exact) mass is 447 g/mol. The molecule has 9 heteroatoms. The quantitative estimate of drug-likeness (QED) is 0.728. The molecule has 0 spiro atoms. The van der Waals surface area contributed by atoms with E-state index in [-0.39, 0.29) is 11.8 Å². The van der Waals surface area contributed by atoms with Crippen LogP contribution >= 0.6 is 23.2 Å². The summed E-state index contributed by atoms with van der Waals surface area (Å²) in [7, 11) is 2.08. The standard InChI is InChI=1S/C21H23Cl2N5O2/c1-26-8-2-3-15(26)5-7-20(29)27-9-10-28-18(12-24-19(28)13-27)21(30)25-17-6-4-14(22)11-16(17)23/h4-7,11-12,15H,2-3,8-10,13H2,1H3,(H,25,30)/b7-5+. The van der Waals surface area contributed by atoms with Crippen molar-refractivity contribution >= 4 is 40.7 Å². The molecule has 2 aliphatic heterocycles. The van der Waals surface area contributed by atoms with Crippen LogP contribution in [0.15, 0.2) is 36.5 Å². The average molecular weight is 448 g/mol. The minimum absolute atomic E-state index is 0.0245. The molecule has 7 nitrogen and oxygen atoms in total. The first-order valence-corrected chi connectivity index (χ1v) is 10.7. The van der Waals surface area contributed by atoms with Crippen molar-refractivity contribution in [2.24, 2.45) is 0 Å². The molecule has 158 valence electrons. The Hall–Kier alpha value is -2.35. The molecule has 0 radical (unpaired) electrons. The van der Waals surface area contributed by atoms with E-state index in [1.54, 1.807) is 29.2 Å². The first-order valence-electron chi connectivity index (χ1n) is 9.90. The number of halogens is 2. The summed E-state index contributed by atoms with van der Waals surface area (Å²) in [6, 6.07) is 5.22. The third-order valence-corrected chi connectivity index (χ3v) is 6.17. The Balaban J connectivity index is 1.42. The second kappa shape index (κ2) is 8.79. The molecule has 0 saturated carbocycles. The number of imidazole rings is 1. The van der Waals surface area contributed by atoms with Crippen LogP contribution in [0.4, 0.5) is 5.69 Å². The summed E-state index contributed by atoms with van der Waals surface area (Å²) in [5.41, 5.74) is 0.919. The summed E-state index contributed by atoms with van der Waals surface area (Å²) in [6.07, 6.45) is 7.44. The van der Waals surface area contributed by atoms with Gasteiger partial charge in [0.15, 0.2) is 0 Å². The van der Waals surface area contributed by atoms with Crippen molar-refractivity contribution < 1.29 is 9.59 Å². The highest BCUT2D eigenvalue weighted by Crippen LogP contribution is 2.26. The number of nitrogens with zero attached hydrogens (tertiary/aromatic N) is 4. The Morgan fingerprint density at radius 2 is 2.07 bits per heavy atom. The highest BCUT2D eigenvalue weighted by atomic mass is 35.5. The van der Waals surface area contributed by atoms with Crippen molar-refractivity contribution in [2.75, 3.05) is 25.5 Å². The number of hydrogen-bond donors (Lipinski definition) is 1. The molecule has 1 unspecified atom stereocenters. The van der Waals surface area contributed by atoms with Crippen LogP contribution in [-0.4, -0.2) is 57.3 Å². The van der Waals surface area contributed by atoms with Gasteiger partial charge in [-0.3, -0.25) is 14.5 Å². The number of nitrogens with one attached hydrogen (secondary N) is 1. The number of aromatic nitrogens is 2. The Bertz CT molecular complexity index is 1000. The summed E-state index contributed by atoms with van der Waals surface area (Å²) >= 11 is 12.0. The van der Waals surface area contributed by atoms with E-state index in [1.165, 1.54) is 6.20 Å². The lowest BCUT2D eigenvalue weighted by Gasteiger charge is -2.27. The third-order valence-electron chi connectivity index (χ3n) is 5.63. The molecular weight excluding hydrogens is 425 g/mol. The zero-order chi connectivity index (χ0) is 21.3. The van der Waals surface area contributed by atoms with Crippen LogP contribution in [0, 0.1) is 0 Å². The van der Waals surface area contributed by atoms with Crippen molar-refractivity contribution in [3.05, 3.63) is 58.1 Å². The summed E-state index contributed by atoms with van der Waals surface area (Å²) in [4.78, 5) is 33.7. The van der Waals surface area contributed by atoms with Gasteiger partial charge in [-0.25, -0.2) is 4.98 Å². The molecule has 4 rings (SSSR count). The highest BCUT2D eigenvalue weighted by Gasteiger charge is 2.25. The van der Waals surface area contributed by atoms with E-state index in [9.17, 15) is 9.59 Å². The number of fused-ring (bicyclic) bond motifs is 1. The van der Waals surface area contributed by atoms with Gasteiger partial charge >= 0.3 is 0 Å². The number of hydrogen-bond acceptors (Lipinski definition) is 4. The van der Waals surface area contributed by atoms with Crippen LogP contribution in [0.1, 0.15) is 29.2 Å². The second-order valence-electron chi connectivity index (χ2n) is 7.60. The van der Waals surface area contributed by atoms with E-state index in [4.69, 9.17) is 23.2 Å². The number of carbonyl (C=O) groups is 2. The lowest BCUT2D eigenvalue weighted by Crippen LogP contribution is -2.38. The van der Waals surface area contributed by atoms with Gasteiger partial charge in [0.05, 0.1) is 23.5 Å². The predicted molar refractivity (Wildman–Crippen MR) is 117 cm³/mol. The van der Waals surface area contributed by atoms with Gasteiger partial charge in [0.25, 0.3) is 5.91 Å². The fraction of sp³-hybridized carbons (Fsp3) is 0.381. The first kappa shape index (κ1) is 20.9. The van der Waals surface area contributed by atoms with Crippen LogP contribution in [0.5, 0.6) is 0 Å². The molecule has 1 aromatic heterocycles. The Morgan fingerprint density at radius 1 is 1.23 bits per heavy atom. The number of benzene rings is 1. The molecular formula is C21H23Cl2N5O2. The fourth-order valence-corrected chi connectivity index (χ4v) is 4.34. The van der Waals surface area contributed by atoms with Gasteiger partial charge in [0.1, 0.15) is 11.5 Å². The Kier molecular flexibility index (Phi) is 6.13. The molecule has 30 heavy (non-hydrogen) atoms. The summed E-state index contributed by atoms with van der Waals surface area (Å²) in [5.74, 6) is 0.360. The van der Waals surface area contributed by atoms with Crippen molar-refractivity contribution in [1.29, 1.82) is 0 Å². The van der Waals surface area contributed by atoms with E-state index in [0.29, 0.717) is 52.9 Å². The summed E-state index contributed by atoms with van der Waals surface area (Å²) in [5, 5.41) is 3.66. The third kappa shape index (κ3) is 4.38. The lowest BCUT2D eigenvalue weighted by molar-refractivity contribution is -0.127. The number of likely N-dealkylation sites (N-methyl/N-ethyl adjacent to an activating group) is 1. The summed E-state index contributed by atoms with van der Waals surface area (Å²) in [6.45, 7) is 2.47. The van der Waals surface area contributed by atoms with Gasteiger partial charge in [0.2, 0.25) is 5.91 Å². The van der Waals surface area contributed by atoms with Gasteiger partial charge < -0.3 is 14.8 Å². The molecule has 2 aliphatic rings. The molecule has 3 heterocycles. The molecule has 1 saturated heterocycles. The van der Waals surface area contributed by atoms with Crippen molar-refractivity contribution in [3.8, 4) is 0 Å². The number of carbonyl (C=O) groups excluding carboxylic acids is 2. The number of rotatable bonds is 4. The maximum Gasteiger partial charge on any atom is 0.273 e. The average Bonchev–Trinajstić information content (AvgIpc) is 3.33. The molecule has 0 bridgehead atoms. The smallest absolute Gasteiger partial charge is 0.273 e. The second-order valence-corrected chi connectivity index (χ2v) is 8.44. The fourth-order valence-electron chi connectivity index (χ4n) is 3.88. The van der Waals surface area contributed by atoms with E-state index >= 15 is 0 Å². The van der Waals surface area contributed by atoms with E-state index < -0.39 is 0 Å². The van der Waals surface area contributed by atoms with E-state index in [0.717, 1.165) is 19.4 Å². The number of anilines is 1. The maximum absolute atomic E-state index is 12.7. The van der Waals surface area contributed by atoms with Gasteiger partial charge in [-0.1, -0.05) is 29.3 Å². The SMILES string of the molecule is CN1CCCC1/C=C/C(=O)N1CCn2c(C(=O)Nc3ccc(Cl)cc3Cl)cnc2C1. The Morgan fingerprint density at radius 3 is 2.80 bits per heavy atom. The van der Waals surface area contributed by atoms with E-state index in [1.807, 2.05) is 10.6 Å². The molecule has 1 N–H and O–H groups in total. The van der Waals surface area contributed by atoms with Gasteiger partial charge in [-0.05, 0) is 44.6 Å². The predicted octanol–water partition coefficient (Wildman–Crippen LogP) is 3.43. The highest BCUT2D eigenvalue weighted by molar-refractivity contribution is 6.36. The lowest BCUT2D eigenvalue weighted by atomic mass is 10.2. The minimum Gasteiger partial charge on any atom is -0.330 e. The van der Waals surface area contributed by atoms with E-state index in [2.05, 4.69) is 22.2 Å². The van der Waals surface area contributed by atoms with Gasteiger partial charge in [-0.2, -0.15) is 0 Å². The topological polar surface area (TPSA) is 70.5 Å². The van der Waals surface area contributed by atoms with Crippen LogP contribution in [0.3, 0.4) is 0 Å². The van der Waals surface area contributed by atoms with Crippen LogP contribution in [0.25, 0.3) is 0 Å². The summed E-state index contributed by atoms with van der Waals surface area (Å²) < 4.78 is 1.84. The van der Waals surface area contributed by atoms with Crippen LogP contribution < -0.4 is 5.32 Å². The van der Waals surface area contributed by atoms with Crippen molar-refractivity contribution in [1.82, 2.24) is 19.4 Å². The minimum atomic E-state index is -0.304. The number of likely N-dealkylation sites (tertiary alicyclic amines) is 1. The zero-order valence-corrected chi connectivity index (χ0v) is 18.2. The van der Waals surface area contributed by atoms with Crippen LogP contribution in [0.2, 0.25) is 10.0 Å². The molecule has 1 aromatic carbocycles. The number of amides is 2. The molecule has 2 aromatic rings. The largest absolute Gasteiger partial charge is 0.330 e. The van der Waals surface area contributed by atoms with Crippen molar-refractivity contribution in [2.45, 2.75) is 32.0 Å². The Labute approximate surface area is 185 Å². The first-order chi connectivity index (χ1) is 14.4. The zero-order valence-electron chi connectivity index (χ0n) is 16.6. The molecule has 1 atom stereocenters. The van der Waals surface area contributed by atoms with Gasteiger partial charge in [0, 0.05) is 30.2 Å².